The smallest absolute Gasteiger partial charge is 0.341 e. The van der Waals surface area contributed by atoms with Gasteiger partial charge in [0.05, 0.1) is 22.3 Å². The molecule has 3 aromatic carbocycles. The maximum absolute atomic E-state index is 13.1. The minimum Gasteiger partial charge on any atom is -0.477 e. The molecule has 0 aliphatic heterocycles. The molecule has 6 heteroatoms. The molecule has 0 bridgehead atoms. The van der Waals surface area contributed by atoms with Gasteiger partial charge in [0.15, 0.2) is 0 Å². The summed E-state index contributed by atoms with van der Waals surface area (Å²) in [5, 5.41) is 14.1. The van der Waals surface area contributed by atoms with Gasteiger partial charge in [-0.3, -0.25) is 4.79 Å². The summed E-state index contributed by atoms with van der Waals surface area (Å²) in [6.45, 7) is 0.528. The number of aryl methyl sites for hydroxylation is 3. The van der Waals surface area contributed by atoms with Crippen LogP contribution in [-0.2, 0) is 19.4 Å². The fraction of sp³-hybridized carbons (Fsp3) is 0.214. The number of carbonyl (C=O) groups is 1. The summed E-state index contributed by atoms with van der Waals surface area (Å²) in [6.07, 6.45) is 5.20. The molecular formula is C28H25ClN2O3. The first kappa shape index (κ1) is 22.2. The van der Waals surface area contributed by atoms with Crippen LogP contribution in [0.4, 0.5) is 5.69 Å². The van der Waals surface area contributed by atoms with Gasteiger partial charge in [0.2, 0.25) is 5.43 Å². The molecule has 1 heterocycles. The van der Waals surface area contributed by atoms with E-state index < -0.39 is 11.4 Å². The number of aromatic nitrogens is 1. The number of rotatable bonds is 6. The van der Waals surface area contributed by atoms with Gasteiger partial charge in [0.1, 0.15) is 5.56 Å². The number of nitrogens with one attached hydrogen (secondary N) is 1. The Bertz CT molecular complexity index is 1430. The van der Waals surface area contributed by atoms with Gasteiger partial charge in [0, 0.05) is 18.1 Å². The average Bonchev–Trinajstić information content (AvgIpc) is 2.85. The third-order valence-corrected chi connectivity index (χ3v) is 6.90. The fourth-order valence-electron chi connectivity index (χ4n) is 4.85. The third-order valence-electron chi connectivity index (χ3n) is 6.58. The normalized spacial score (nSPS) is 15.1. The molecule has 0 saturated heterocycles. The molecule has 5 rings (SSSR count). The first-order chi connectivity index (χ1) is 16.5. The Kier molecular flexibility index (Phi) is 6.12. The summed E-state index contributed by atoms with van der Waals surface area (Å²) in [5.41, 5.74) is 4.23. The van der Waals surface area contributed by atoms with Gasteiger partial charge in [-0.25, -0.2) is 4.79 Å². The summed E-state index contributed by atoms with van der Waals surface area (Å²) in [5.74, 6) is -1.23. The minimum absolute atomic E-state index is 0.0860. The highest BCUT2D eigenvalue weighted by atomic mass is 35.5. The highest BCUT2D eigenvalue weighted by Crippen LogP contribution is 2.36. The molecule has 4 aromatic rings. The monoisotopic (exact) mass is 472 g/mol. The summed E-state index contributed by atoms with van der Waals surface area (Å²) < 4.78 is 1.82. The molecule has 1 aliphatic rings. The van der Waals surface area contributed by atoms with Crippen LogP contribution in [0, 0.1) is 0 Å². The highest BCUT2D eigenvalue weighted by molar-refractivity contribution is 6.34. The lowest BCUT2D eigenvalue weighted by molar-refractivity contribution is 0.0695. The zero-order valence-electron chi connectivity index (χ0n) is 18.6. The van der Waals surface area contributed by atoms with E-state index in [9.17, 15) is 14.7 Å². The van der Waals surface area contributed by atoms with Crippen molar-refractivity contribution in [2.75, 3.05) is 5.32 Å². The zero-order chi connectivity index (χ0) is 23.7. The second-order valence-electron chi connectivity index (χ2n) is 8.74. The molecule has 2 N–H and O–H groups in total. The van der Waals surface area contributed by atoms with E-state index in [0.717, 1.165) is 24.8 Å². The predicted octanol–water partition coefficient (Wildman–Crippen LogP) is 6.09. The van der Waals surface area contributed by atoms with E-state index >= 15 is 0 Å². The van der Waals surface area contributed by atoms with Crippen molar-refractivity contribution in [1.82, 2.24) is 4.57 Å². The van der Waals surface area contributed by atoms with Crippen molar-refractivity contribution in [2.24, 2.45) is 0 Å². The number of aromatic carboxylic acids is 1. The van der Waals surface area contributed by atoms with Crippen LogP contribution in [-0.4, -0.2) is 15.6 Å². The van der Waals surface area contributed by atoms with Crippen molar-refractivity contribution in [1.29, 1.82) is 0 Å². The van der Waals surface area contributed by atoms with Crippen LogP contribution in [0.1, 0.15) is 45.9 Å². The van der Waals surface area contributed by atoms with Crippen LogP contribution >= 0.6 is 11.6 Å². The Morgan fingerprint density at radius 3 is 2.65 bits per heavy atom. The van der Waals surface area contributed by atoms with Crippen molar-refractivity contribution in [3.63, 3.8) is 0 Å². The van der Waals surface area contributed by atoms with Gasteiger partial charge in [-0.05, 0) is 54.5 Å². The largest absolute Gasteiger partial charge is 0.477 e. The molecule has 172 valence electrons. The van der Waals surface area contributed by atoms with Gasteiger partial charge >= 0.3 is 5.97 Å². The fourth-order valence-corrected chi connectivity index (χ4v) is 5.06. The Labute approximate surface area is 202 Å². The lowest BCUT2D eigenvalue weighted by Gasteiger charge is -2.28. The molecule has 0 spiro atoms. The molecule has 1 aliphatic carbocycles. The van der Waals surface area contributed by atoms with Crippen LogP contribution in [0.25, 0.3) is 10.9 Å². The molecular weight excluding hydrogens is 448 g/mol. The number of hydrogen-bond donors (Lipinski definition) is 2. The van der Waals surface area contributed by atoms with Gasteiger partial charge in [0.25, 0.3) is 0 Å². The standard InChI is InChI=1S/C28H25ClN2O3/c29-23-16-26-21(15-25(23)30-24-12-6-10-19-9-4-5-11-20(19)24)27(32)22(28(33)34)17-31(26)14-13-18-7-2-1-3-8-18/h1-5,7-9,11,15-17,24,30H,6,10,12-14H2,(H,33,34). The Morgan fingerprint density at radius 2 is 1.85 bits per heavy atom. The Morgan fingerprint density at radius 1 is 1.09 bits per heavy atom. The van der Waals surface area contributed by atoms with Crippen molar-refractivity contribution in [2.45, 2.75) is 38.3 Å². The topological polar surface area (TPSA) is 71.3 Å². The number of nitrogens with zero attached hydrogens (tertiary/aromatic N) is 1. The number of carboxylic acids is 1. The first-order valence-electron chi connectivity index (χ1n) is 11.5. The first-order valence-corrected chi connectivity index (χ1v) is 11.9. The van der Waals surface area contributed by atoms with Crippen LogP contribution in [0.2, 0.25) is 5.02 Å². The van der Waals surface area contributed by atoms with Crippen molar-refractivity contribution in [3.8, 4) is 0 Å². The molecule has 1 aromatic heterocycles. The van der Waals surface area contributed by atoms with Crippen LogP contribution in [0.5, 0.6) is 0 Å². The van der Waals surface area contributed by atoms with E-state index in [1.54, 1.807) is 12.1 Å². The predicted molar refractivity (Wildman–Crippen MR) is 136 cm³/mol. The zero-order valence-corrected chi connectivity index (χ0v) is 19.4. The summed E-state index contributed by atoms with van der Waals surface area (Å²) in [4.78, 5) is 24.9. The number of carboxylic acid groups (broad SMARTS) is 1. The number of hydrogen-bond acceptors (Lipinski definition) is 3. The number of fused-ring (bicyclic) bond motifs is 2. The van der Waals surface area contributed by atoms with Crippen molar-refractivity contribution >= 4 is 34.2 Å². The number of halogens is 1. The average molecular weight is 473 g/mol. The lowest BCUT2D eigenvalue weighted by Crippen LogP contribution is -2.20. The molecule has 0 radical (unpaired) electrons. The molecule has 1 unspecified atom stereocenters. The minimum atomic E-state index is -1.23. The second kappa shape index (κ2) is 9.35. The van der Waals surface area contributed by atoms with E-state index in [0.29, 0.717) is 34.6 Å². The maximum atomic E-state index is 13.1. The molecule has 0 saturated carbocycles. The summed E-state index contributed by atoms with van der Waals surface area (Å²) >= 11 is 6.70. The number of benzene rings is 3. The number of pyridine rings is 1. The van der Waals surface area contributed by atoms with E-state index in [1.807, 2.05) is 41.0 Å². The van der Waals surface area contributed by atoms with Gasteiger partial charge < -0.3 is 15.0 Å². The number of anilines is 1. The van der Waals surface area contributed by atoms with Gasteiger partial charge in [-0.1, -0.05) is 66.2 Å². The molecule has 0 fully saturated rings. The SMILES string of the molecule is O=C(O)c1cn(CCc2ccccc2)c2cc(Cl)c(NC3CCCc4ccccc43)cc2c1=O. The summed E-state index contributed by atoms with van der Waals surface area (Å²) in [7, 11) is 0. The van der Waals surface area contributed by atoms with E-state index in [-0.39, 0.29) is 11.6 Å². The molecule has 34 heavy (non-hydrogen) atoms. The van der Waals surface area contributed by atoms with Crippen LogP contribution in [0.15, 0.2) is 77.7 Å². The van der Waals surface area contributed by atoms with Crippen molar-refractivity contribution in [3.05, 3.63) is 110 Å². The lowest BCUT2D eigenvalue weighted by atomic mass is 9.87. The van der Waals surface area contributed by atoms with Crippen LogP contribution in [0.3, 0.4) is 0 Å². The summed E-state index contributed by atoms with van der Waals surface area (Å²) in [6, 6.07) is 21.9. The molecule has 0 amide bonds. The highest BCUT2D eigenvalue weighted by Gasteiger charge is 2.22. The Hall–Kier alpha value is -3.57. The van der Waals surface area contributed by atoms with E-state index in [2.05, 4.69) is 23.5 Å². The van der Waals surface area contributed by atoms with Crippen LogP contribution < -0.4 is 10.7 Å². The van der Waals surface area contributed by atoms with E-state index in [1.165, 1.54) is 17.3 Å². The quantitative estimate of drug-likeness (QED) is 0.356. The molecule has 5 nitrogen and oxygen atoms in total. The van der Waals surface area contributed by atoms with Crippen molar-refractivity contribution < 1.29 is 9.90 Å². The van der Waals surface area contributed by atoms with Gasteiger partial charge in [-0.15, -0.1) is 0 Å². The molecule has 1 atom stereocenters. The maximum Gasteiger partial charge on any atom is 0.341 e. The Balaban J connectivity index is 1.56. The third kappa shape index (κ3) is 4.31. The van der Waals surface area contributed by atoms with E-state index in [4.69, 9.17) is 11.6 Å². The second-order valence-corrected chi connectivity index (χ2v) is 9.15. The van der Waals surface area contributed by atoms with Gasteiger partial charge in [-0.2, -0.15) is 0 Å².